The number of hydrogen-bond acceptors (Lipinski definition) is 4. The molecule has 0 saturated heterocycles. The molecule has 0 amide bonds. The highest BCUT2D eigenvalue weighted by atomic mass is 35.5. The fourth-order valence-corrected chi connectivity index (χ4v) is 1.47. The lowest BCUT2D eigenvalue weighted by molar-refractivity contribution is 0.355. The van der Waals surface area contributed by atoms with Crippen LogP contribution in [0.3, 0.4) is 0 Å². The van der Waals surface area contributed by atoms with Gasteiger partial charge in [-0.15, -0.1) is 5.10 Å². The molecule has 0 fully saturated rings. The van der Waals surface area contributed by atoms with Crippen LogP contribution in [0.15, 0.2) is 22.3 Å². The molecule has 7 heteroatoms. The van der Waals surface area contributed by atoms with Crippen LogP contribution in [-0.2, 0) is 0 Å². The minimum Gasteiger partial charge on any atom is -0.493 e. The summed E-state index contributed by atoms with van der Waals surface area (Å²) in [5, 5.41) is 7.56. The van der Waals surface area contributed by atoms with Crippen LogP contribution in [-0.4, -0.2) is 26.4 Å². The molecule has 6 nitrogen and oxygen atoms in total. The number of nitrogens with zero attached hydrogens (tertiary/aromatic N) is 2. The Labute approximate surface area is 104 Å². The lowest BCUT2D eigenvalue weighted by Gasteiger charge is -2.09. The minimum absolute atomic E-state index is 0.118. The highest BCUT2D eigenvalue weighted by molar-refractivity contribution is 6.32. The number of guanidine groups is 1. The molecule has 1 aromatic rings. The van der Waals surface area contributed by atoms with E-state index < -0.39 is 0 Å². The Bertz CT molecular complexity index is 456. The average molecular weight is 257 g/mol. The van der Waals surface area contributed by atoms with Crippen LogP contribution in [0.4, 0.5) is 0 Å². The van der Waals surface area contributed by atoms with E-state index in [1.807, 2.05) is 0 Å². The number of ether oxygens (including phenoxy) is 2. The van der Waals surface area contributed by atoms with E-state index in [2.05, 4.69) is 10.2 Å². The van der Waals surface area contributed by atoms with Gasteiger partial charge in [0.1, 0.15) is 0 Å². The maximum absolute atomic E-state index is 6.00. The van der Waals surface area contributed by atoms with Gasteiger partial charge >= 0.3 is 0 Å². The maximum atomic E-state index is 6.00. The molecule has 0 radical (unpaired) electrons. The number of benzene rings is 1. The summed E-state index contributed by atoms with van der Waals surface area (Å²) in [6.07, 6.45) is 1.45. The molecule has 4 N–H and O–H groups in total. The van der Waals surface area contributed by atoms with Gasteiger partial charge < -0.3 is 20.9 Å². The maximum Gasteiger partial charge on any atom is 0.211 e. The average Bonchev–Trinajstić information content (AvgIpc) is 2.27. The molecular weight excluding hydrogens is 244 g/mol. The molecule has 0 heterocycles. The van der Waals surface area contributed by atoms with Gasteiger partial charge in [0.05, 0.1) is 25.5 Å². The van der Waals surface area contributed by atoms with E-state index in [0.29, 0.717) is 22.1 Å². The van der Waals surface area contributed by atoms with Crippen molar-refractivity contribution in [3.8, 4) is 11.5 Å². The van der Waals surface area contributed by atoms with E-state index in [9.17, 15) is 0 Å². The van der Waals surface area contributed by atoms with Crippen LogP contribution in [0.1, 0.15) is 5.56 Å². The molecule has 0 atom stereocenters. The predicted octanol–water partition coefficient (Wildman–Crippen LogP) is 0.964. The fourth-order valence-electron chi connectivity index (χ4n) is 1.17. The van der Waals surface area contributed by atoms with Crippen molar-refractivity contribution in [1.82, 2.24) is 0 Å². The Balaban J connectivity index is 3.07. The summed E-state index contributed by atoms with van der Waals surface area (Å²) >= 11 is 6.00. The van der Waals surface area contributed by atoms with Crippen molar-refractivity contribution < 1.29 is 9.47 Å². The third-order valence-electron chi connectivity index (χ3n) is 1.84. The smallest absolute Gasteiger partial charge is 0.211 e. The van der Waals surface area contributed by atoms with Crippen LogP contribution >= 0.6 is 11.6 Å². The van der Waals surface area contributed by atoms with Crippen molar-refractivity contribution in [2.24, 2.45) is 21.7 Å². The third-order valence-corrected chi connectivity index (χ3v) is 2.12. The molecule has 0 aromatic heterocycles. The van der Waals surface area contributed by atoms with Crippen LogP contribution in [0.25, 0.3) is 0 Å². The second-order valence-electron chi connectivity index (χ2n) is 3.01. The first kappa shape index (κ1) is 13.1. The Kier molecular flexibility index (Phi) is 4.59. The molecule has 0 spiro atoms. The van der Waals surface area contributed by atoms with Gasteiger partial charge in [-0.2, -0.15) is 5.10 Å². The molecule has 0 unspecified atom stereocenters. The predicted molar refractivity (Wildman–Crippen MR) is 68.0 cm³/mol. The zero-order valence-electron chi connectivity index (χ0n) is 9.48. The number of rotatable bonds is 4. The summed E-state index contributed by atoms with van der Waals surface area (Å²) in [6, 6.07) is 3.37. The van der Waals surface area contributed by atoms with Crippen LogP contribution in [0.5, 0.6) is 11.5 Å². The van der Waals surface area contributed by atoms with Gasteiger partial charge in [0.25, 0.3) is 0 Å². The monoisotopic (exact) mass is 256 g/mol. The molecule has 0 aliphatic heterocycles. The van der Waals surface area contributed by atoms with Crippen molar-refractivity contribution in [2.45, 2.75) is 0 Å². The van der Waals surface area contributed by atoms with Crippen molar-refractivity contribution in [3.63, 3.8) is 0 Å². The van der Waals surface area contributed by atoms with E-state index in [0.717, 1.165) is 0 Å². The number of halogens is 1. The summed E-state index contributed by atoms with van der Waals surface area (Å²) < 4.78 is 10.2. The highest BCUT2D eigenvalue weighted by Gasteiger charge is 2.09. The number of nitrogens with two attached hydrogens (primary N) is 2. The van der Waals surface area contributed by atoms with Crippen molar-refractivity contribution in [1.29, 1.82) is 0 Å². The molecule has 0 saturated carbocycles. The first-order valence-corrected chi connectivity index (χ1v) is 4.99. The number of hydrogen-bond donors (Lipinski definition) is 2. The van der Waals surface area contributed by atoms with Gasteiger partial charge in [0, 0.05) is 5.56 Å². The van der Waals surface area contributed by atoms with Gasteiger partial charge in [-0.1, -0.05) is 11.6 Å². The molecule has 1 rings (SSSR count). The first-order valence-electron chi connectivity index (χ1n) is 4.62. The molecule has 0 bridgehead atoms. The fraction of sp³-hybridized carbons (Fsp3) is 0.200. The Morgan fingerprint density at radius 2 is 2.00 bits per heavy atom. The Morgan fingerprint density at radius 1 is 1.29 bits per heavy atom. The molecule has 92 valence electrons. The van der Waals surface area contributed by atoms with E-state index in [1.54, 1.807) is 12.1 Å². The summed E-state index contributed by atoms with van der Waals surface area (Å²) in [7, 11) is 3.03. The summed E-state index contributed by atoms with van der Waals surface area (Å²) in [4.78, 5) is 0. The largest absolute Gasteiger partial charge is 0.493 e. The second kappa shape index (κ2) is 5.95. The normalized spacial score (nSPS) is 10.3. The SMILES string of the molecule is COc1cc(C=NN=C(N)N)cc(Cl)c1OC. The van der Waals surface area contributed by atoms with Crippen LogP contribution in [0, 0.1) is 0 Å². The lowest BCUT2D eigenvalue weighted by atomic mass is 10.2. The molecule has 1 aromatic carbocycles. The van der Waals surface area contributed by atoms with Gasteiger partial charge in [0.2, 0.25) is 5.96 Å². The number of methoxy groups -OCH3 is 2. The van der Waals surface area contributed by atoms with Gasteiger partial charge in [0.15, 0.2) is 11.5 Å². The van der Waals surface area contributed by atoms with E-state index in [-0.39, 0.29) is 5.96 Å². The van der Waals surface area contributed by atoms with E-state index in [4.69, 9.17) is 32.5 Å². The van der Waals surface area contributed by atoms with Crippen molar-refractivity contribution in [2.75, 3.05) is 14.2 Å². The van der Waals surface area contributed by atoms with Gasteiger partial charge in [-0.25, -0.2) is 0 Å². The zero-order valence-corrected chi connectivity index (χ0v) is 10.2. The van der Waals surface area contributed by atoms with Crippen molar-refractivity contribution in [3.05, 3.63) is 22.7 Å². The lowest BCUT2D eigenvalue weighted by Crippen LogP contribution is -2.21. The van der Waals surface area contributed by atoms with Crippen LogP contribution < -0.4 is 20.9 Å². The minimum atomic E-state index is -0.118. The standard InChI is InChI=1S/C10H13ClN4O2/c1-16-8-4-6(5-14-15-10(12)13)3-7(11)9(8)17-2/h3-5H,1-2H3,(H4,12,13,15). The third kappa shape index (κ3) is 3.53. The highest BCUT2D eigenvalue weighted by Crippen LogP contribution is 2.35. The molecule has 0 aliphatic carbocycles. The molecule has 17 heavy (non-hydrogen) atoms. The Hall–Kier alpha value is -1.95. The van der Waals surface area contributed by atoms with Gasteiger partial charge in [-0.3, -0.25) is 0 Å². The molecule has 0 aliphatic rings. The summed E-state index contributed by atoms with van der Waals surface area (Å²) in [6.45, 7) is 0. The van der Waals surface area contributed by atoms with Gasteiger partial charge in [-0.05, 0) is 12.1 Å². The van der Waals surface area contributed by atoms with Crippen molar-refractivity contribution >= 4 is 23.8 Å². The topological polar surface area (TPSA) is 95.2 Å². The van der Waals surface area contributed by atoms with E-state index in [1.165, 1.54) is 20.4 Å². The Morgan fingerprint density at radius 3 is 2.53 bits per heavy atom. The quantitative estimate of drug-likeness (QED) is 0.477. The van der Waals surface area contributed by atoms with E-state index >= 15 is 0 Å². The molecular formula is C10H13ClN4O2. The summed E-state index contributed by atoms with van der Waals surface area (Å²) in [5.74, 6) is 0.854. The first-order chi connectivity index (χ1) is 8.08. The summed E-state index contributed by atoms with van der Waals surface area (Å²) in [5.41, 5.74) is 11.0. The van der Waals surface area contributed by atoms with Crippen LogP contribution in [0.2, 0.25) is 5.02 Å². The zero-order chi connectivity index (χ0) is 12.8. The second-order valence-corrected chi connectivity index (χ2v) is 3.41.